The van der Waals surface area contributed by atoms with Crippen LogP contribution in [0.5, 0.6) is 5.75 Å². The molecule has 0 radical (unpaired) electrons. The summed E-state index contributed by atoms with van der Waals surface area (Å²) in [5.74, 6) is -5.41. The van der Waals surface area contributed by atoms with Crippen molar-refractivity contribution in [2.75, 3.05) is 0 Å². The van der Waals surface area contributed by atoms with Crippen LogP contribution in [0.1, 0.15) is 75.4 Å². The highest BCUT2D eigenvalue weighted by molar-refractivity contribution is 6.25. The lowest BCUT2D eigenvalue weighted by Crippen LogP contribution is -2.67. The number of aryl methyl sites for hydroxylation is 1. The molecule has 216 valence electrons. The summed E-state index contributed by atoms with van der Waals surface area (Å²) in [5.41, 5.74) is -4.09. The molecule has 0 amide bonds. The number of allylic oxidation sites excluding steroid dienone is 6. The molecule has 0 fully saturated rings. The first-order valence-corrected chi connectivity index (χ1v) is 14.0. The maximum atomic E-state index is 14.1. The van der Waals surface area contributed by atoms with Crippen molar-refractivity contribution in [3.05, 3.63) is 75.3 Å². The Balaban J connectivity index is 1.67. The van der Waals surface area contributed by atoms with Crippen LogP contribution in [0.3, 0.4) is 0 Å². The Morgan fingerprint density at radius 2 is 1.78 bits per heavy atom. The third kappa shape index (κ3) is 3.83. The van der Waals surface area contributed by atoms with Crippen molar-refractivity contribution < 1.29 is 39.6 Å². The van der Waals surface area contributed by atoms with Crippen LogP contribution in [0, 0.1) is 22.7 Å². The van der Waals surface area contributed by atoms with Crippen LogP contribution in [0.25, 0.3) is 0 Å². The smallest absolute Gasteiger partial charge is 0.209 e. The third-order valence-electron chi connectivity index (χ3n) is 9.70. The number of aromatic hydroxyl groups is 1. The molecule has 0 bridgehead atoms. The van der Waals surface area contributed by atoms with Crippen molar-refractivity contribution in [2.24, 2.45) is 22.7 Å². The van der Waals surface area contributed by atoms with Crippen molar-refractivity contribution in [3.63, 3.8) is 0 Å². The molecule has 0 saturated heterocycles. The average molecular weight is 561 g/mol. The number of aliphatic hydroxyl groups is 3. The second-order valence-electron chi connectivity index (χ2n) is 12.8. The number of Topliss-reactive ketones (excluding diaryl/α,β-unsaturated/α-hetero) is 4. The summed E-state index contributed by atoms with van der Waals surface area (Å²) < 4.78 is 0. The van der Waals surface area contributed by atoms with E-state index < -0.39 is 56.8 Å². The van der Waals surface area contributed by atoms with E-state index >= 15 is 0 Å². The van der Waals surface area contributed by atoms with Crippen LogP contribution < -0.4 is 0 Å². The van der Waals surface area contributed by atoms with E-state index in [9.17, 15) is 39.6 Å². The molecule has 8 nitrogen and oxygen atoms in total. The summed E-state index contributed by atoms with van der Waals surface area (Å²) in [7, 11) is 0. The molecular formula is C33H36O8. The minimum Gasteiger partial charge on any atom is -0.511 e. The highest BCUT2D eigenvalue weighted by Crippen LogP contribution is 2.65. The van der Waals surface area contributed by atoms with Gasteiger partial charge in [0.2, 0.25) is 5.78 Å². The number of carbonyl (C=O) groups excluding carboxylic acids is 4. The normalized spacial score (nSPS) is 30.8. The zero-order valence-electron chi connectivity index (χ0n) is 24.0. The first-order chi connectivity index (χ1) is 19.1. The maximum absolute atomic E-state index is 14.1. The lowest BCUT2D eigenvalue weighted by atomic mass is 9.44. The van der Waals surface area contributed by atoms with E-state index in [-0.39, 0.29) is 47.8 Å². The van der Waals surface area contributed by atoms with E-state index in [2.05, 4.69) is 0 Å². The number of benzene rings is 1. The Kier molecular flexibility index (Phi) is 6.57. The highest BCUT2D eigenvalue weighted by Gasteiger charge is 2.71. The first kappa shape index (κ1) is 28.7. The van der Waals surface area contributed by atoms with E-state index in [1.165, 1.54) is 6.07 Å². The fraction of sp³-hybridized carbons (Fsp3) is 0.455. The molecule has 0 aliphatic heterocycles. The van der Waals surface area contributed by atoms with Gasteiger partial charge in [-0.25, -0.2) is 0 Å². The van der Waals surface area contributed by atoms with E-state index in [4.69, 9.17) is 0 Å². The molecule has 5 rings (SSSR count). The first-order valence-electron chi connectivity index (χ1n) is 14.0. The minimum absolute atomic E-state index is 0.0218. The van der Waals surface area contributed by atoms with Crippen molar-refractivity contribution in [2.45, 2.75) is 72.3 Å². The number of rotatable bonds is 6. The molecule has 8 heteroatoms. The summed E-state index contributed by atoms with van der Waals surface area (Å²) >= 11 is 0. The molecule has 4 aliphatic rings. The Hall–Kier alpha value is -3.78. The molecule has 1 aromatic carbocycles. The fourth-order valence-electron chi connectivity index (χ4n) is 8.09. The number of ketones is 4. The molecule has 0 spiro atoms. The quantitative estimate of drug-likeness (QED) is 0.365. The number of phenolic OH excluding ortho intramolecular Hbond substituents is 1. The van der Waals surface area contributed by atoms with Crippen LogP contribution >= 0.6 is 0 Å². The van der Waals surface area contributed by atoms with E-state index in [1.54, 1.807) is 39.8 Å². The summed E-state index contributed by atoms with van der Waals surface area (Å²) in [5, 5.41) is 45.9. The highest BCUT2D eigenvalue weighted by atomic mass is 16.3. The topological polar surface area (TPSA) is 149 Å². The summed E-state index contributed by atoms with van der Waals surface area (Å²) in [6.07, 6.45) is 7.03. The zero-order chi connectivity index (χ0) is 30.2. The van der Waals surface area contributed by atoms with Crippen LogP contribution in [0.2, 0.25) is 0 Å². The van der Waals surface area contributed by atoms with Gasteiger partial charge < -0.3 is 20.4 Å². The molecule has 41 heavy (non-hydrogen) atoms. The third-order valence-corrected chi connectivity index (χ3v) is 9.70. The summed E-state index contributed by atoms with van der Waals surface area (Å²) in [4.78, 5) is 53.1. The predicted molar refractivity (Wildman–Crippen MR) is 150 cm³/mol. The van der Waals surface area contributed by atoms with Crippen molar-refractivity contribution in [1.29, 1.82) is 0 Å². The van der Waals surface area contributed by atoms with E-state index in [1.807, 2.05) is 12.2 Å². The Morgan fingerprint density at radius 3 is 2.37 bits per heavy atom. The number of hydrogen-bond donors (Lipinski definition) is 4. The van der Waals surface area contributed by atoms with Crippen LogP contribution in [-0.2, 0) is 27.2 Å². The van der Waals surface area contributed by atoms with Gasteiger partial charge in [0.1, 0.15) is 22.8 Å². The summed E-state index contributed by atoms with van der Waals surface area (Å²) in [6, 6.07) is 3.07. The molecule has 0 heterocycles. The number of phenols is 1. The van der Waals surface area contributed by atoms with Gasteiger partial charge in [-0.15, -0.1) is 0 Å². The van der Waals surface area contributed by atoms with Gasteiger partial charge in [-0.1, -0.05) is 52.0 Å². The number of hydrogen-bond acceptors (Lipinski definition) is 8. The number of aliphatic hydroxyl groups excluding tert-OH is 2. The molecule has 1 aromatic rings. The lowest BCUT2D eigenvalue weighted by molar-refractivity contribution is -0.171. The van der Waals surface area contributed by atoms with Gasteiger partial charge in [-0.2, -0.15) is 0 Å². The standard InChI is InChI=1S/C33H36O8/c1-16(2)25-27(37)23(17(3)34)29(39)33(41)30(40)26-28(38)24-20(14-31(26,4)15-32(25,33)5)18(11-13-22(24)36)10-12-21(35)19-8-6-7-9-19/h6,8-9,11,13,16,25,36-37,40-41H,7,10,12,14-15H2,1-5H3/t25?,31-,32-,33+/m1/s1. The molecule has 0 aromatic heterocycles. The SMILES string of the molecule is CC(=O)C1=C(O)C(C(C)C)[C@@]2(C)C[C@@]3(C)Cc4c(CCC(=O)C5=CCC=C5)ccc(O)c4C(=O)C3=C(O)[C@@]2(O)C1=O. The molecule has 0 saturated carbocycles. The summed E-state index contributed by atoms with van der Waals surface area (Å²) in [6.45, 7) is 8.06. The van der Waals surface area contributed by atoms with Gasteiger partial charge in [-0.05, 0) is 55.7 Å². The minimum atomic E-state index is -2.64. The van der Waals surface area contributed by atoms with Crippen molar-refractivity contribution in [3.8, 4) is 5.75 Å². The van der Waals surface area contributed by atoms with Gasteiger partial charge in [0.05, 0.1) is 5.56 Å². The largest absolute Gasteiger partial charge is 0.511 e. The van der Waals surface area contributed by atoms with Gasteiger partial charge >= 0.3 is 0 Å². The van der Waals surface area contributed by atoms with Gasteiger partial charge in [0, 0.05) is 34.3 Å². The lowest BCUT2D eigenvalue weighted by Gasteiger charge is -2.59. The Morgan fingerprint density at radius 1 is 1.10 bits per heavy atom. The fourth-order valence-corrected chi connectivity index (χ4v) is 8.09. The molecule has 4 atom stereocenters. The van der Waals surface area contributed by atoms with Crippen molar-refractivity contribution >= 4 is 23.1 Å². The van der Waals surface area contributed by atoms with Crippen LogP contribution in [0.15, 0.2) is 58.6 Å². The molecule has 1 unspecified atom stereocenters. The second kappa shape index (κ2) is 9.38. The monoisotopic (exact) mass is 560 g/mol. The Bertz CT molecular complexity index is 1550. The van der Waals surface area contributed by atoms with Crippen LogP contribution in [0.4, 0.5) is 0 Å². The van der Waals surface area contributed by atoms with Gasteiger partial charge in [0.15, 0.2) is 23.0 Å². The zero-order valence-corrected chi connectivity index (χ0v) is 24.0. The molecule has 4 aliphatic carbocycles. The molecule has 4 N–H and O–H groups in total. The maximum Gasteiger partial charge on any atom is 0.209 e. The average Bonchev–Trinajstić information content (AvgIpc) is 3.40. The number of fused-ring (bicyclic) bond motifs is 3. The van der Waals surface area contributed by atoms with Crippen molar-refractivity contribution in [1.82, 2.24) is 0 Å². The second-order valence-corrected chi connectivity index (χ2v) is 12.8. The molecular weight excluding hydrogens is 524 g/mol. The number of carbonyl (C=O) groups is 4. The van der Waals surface area contributed by atoms with Crippen LogP contribution in [-0.4, -0.2) is 49.2 Å². The van der Waals surface area contributed by atoms with E-state index in [0.717, 1.165) is 12.5 Å². The van der Waals surface area contributed by atoms with E-state index in [0.29, 0.717) is 24.0 Å². The Labute approximate surface area is 238 Å². The van der Waals surface area contributed by atoms with Gasteiger partial charge in [0.25, 0.3) is 0 Å². The predicted octanol–water partition coefficient (Wildman–Crippen LogP) is 4.73. The van der Waals surface area contributed by atoms with Gasteiger partial charge in [-0.3, -0.25) is 19.2 Å².